The monoisotopic (exact) mass is 610 g/mol. The number of rotatable bonds is 8. The molecular formula is C34H32N2O3P2S. The van der Waals surface area contributed by atoms with Gasteiger partial charge in [0.1, 0.15) is 26.7 Å². The molecule has 1 saturated carbocycles. The highest BCUT2D eigenvalue weighted by atomic mass is 32.1. The maximum atomic E-state index is 15.4. The molecule has 0 unspecified atom stereocenters. The fraction of sp³-hybridized carbons (Fsp3) is 0.176. The van der Waals surface area contributed by atoms with Gasteiger partial charge in [0.2, 0.25) is 0 Å². The van der Waals surface area contributed by atoms with E-state index in [0.29, 0.717) is 19.0 Å². The van der Waals surface area contributed by atoms with Crippen LogP contribution in [0.2, 0.25) is 0 Å². The number of imidazole rings is 1. The first kappa shape index (κ1) is 28.6. The smallest absolute Gasteiger partial charge is 0.269 e. The Morgan fingerprint density at radius 2 is 1.21 bits per heavy atom. The Bertz CT molecular complexity index is 1630. The predicted octanol–water partition coefficient (Wildman–Crippen LogP) is 6.21. The van der Waals surface area contributed by atoms with Crippen molar-refractivity contribution in [2.75, 3.05) is 6.16 Å². The second-order valence-electron chi connectivity index (χ2n) is 10.7. The zero-order valence-electron chi connectivity index (χ0n) is 23.1. The van der Waals surface area contributed by atoms with Gasteiger partial charge in [0.15, 0.2) is 0 Å². The lowest BCUT2D eigenvalue weighted by atomic mass is 10.1. The van der Waals surface area contributed by atoms with Gasteiger partial charge in [0, 0.05) is 51.4 Å². The van der Waals surface area contributed by atoms with Crippen molar-refractivity contribution in [1.82, 2.24) is 9.55 Å². The lowest BCUT2D eigenvalue weighted by Crippen LogP contribution is -2.30. The highest BCUT2D eigenvalue weighted by Crippen LogP contribution is 2.58. The van der Waals surface area contributed by atoms with Crippen molar-refractivity contribution in [3.05, 3.63) is 140 Å². The summed E-state index contributed by atoms with van der Waals surface area (Å²) in [5.41, 5.74) is -0.206. The molecule has 1 aliphatic rings. The molecule has 0 spiro atoms. The van der Waals surface area contributed by atoms with E-state index in [0.717, 1.165) is 21.2 Å². The minimum atomic E-state index is -3.09. The molecule has 5 nitrogen and oxygen atoms in total. The Kier molecular flexibility index (Phi) is 8.40. The molecule has 6 rings (SSSR count). The lowest BCUT2D eigenvalue weighted by Gasteiger charge is -2.27. The van der Waals surface area contributed by atoms with Gasteiger partial charge in [0.05, 0.1) is 0 Å². The van der Waals surface area contributed by atoms with Gasteiger partial charge in [-0.15, -0.1) is 0 Å². The highest BCUT2D eigenvalue weighted by Gasteiger charge is 2.49. The number of hydrogen-bond donors (Lipinski definition) is 0. The number of hydrogen-bond acceptors (Lipinski definition) is 5. The average Bonchev–Trinajstić information content (AvgIpc) is 3.73. The van der Waals surface area contributed by atoms with Crippen LogP contribution in [0.5, 0.6) is 0 Å². The number of thiocarbonyl (C=S) groups is 1. The molecule has 8 heteroatoms. The van der Waals surface area contributed by atoms with E-state index in [9.17, 15) is 0 Å². The summed E-state index contributed by atoms with van der Waals surface area (Å²) < 4.78 is 38.7. The van der Waals surface area contributed by atoms with E-state index in [2.05, 4.69) is 4.98 Å². The summed E-state index contributed by atoms with van der Waals surface area (Å²) in [6, 6.07) is 38.9. The molecule has 1 fully saturated rings. The van der Waals surface area contributed by atoms with Gasteiger partial charge >= 0.3 is 0 Å². The van der Waals surface area contributed by atoms with Crippen molar-refractivity contribution < 1.29 is 13.9 Å². The minimum Gasteiger partial charge on any atom is -0.467 e. The Morgan fingerprint density at radius 1 is 0.738 bits per heavy atom. The number of ether oxygens (including phenoxy) is 1. The molecule has 42 heavy (non-hydrogen) atoms. The number of nitrogens with zero attached hydrogens (tertiary/aromatic N) is 2. The first-order valence-electron chi connectivity index (χ1n) is 14.1. The minimum absolute atomic E-state index is 0.150. The van der Waals surface area contributed by atoms with Crippen molar-refractivity contribution in [2.45, 2.75) is 24.6 Å². The maximum Gasteiger partial charge on any atom is 0.269 e. The van der Waals surface area contributed by atoms with Gasteiger partial charge in [-0.1, -0.05) is 121 Å². The Labute approximate surface area is 252 Å². The third kappa shape index (κ3) is 5.60. The van der Waals surface area contributed by atoms with Crippen LogP contribution in [0, 0.1) is 5.92 Å². The van der Waals surface area contributed by atoms with Crippen molar-refractivity contribution in [3.63, 3.8) is 0 Å². The molecule has 1 heterocycles. The van der Waals surface area contributed by atoms with E-state index in [4.69, 9.17) is 17.0 Å². The van der Waals surface area contributed by atoms with Crippen LogP contribution in [0.4, 0.5) is 0 Å². The van der Waals surface area contributed by atoms with E-state index in [1.165, 1.54) is 0 Å². The van der Waals surface area contributed by atoms with Crippen molar-refractivity contribution in [3.8, 4) is 0 Å². The van der Waals surface area contributed by atoms with Crippen LogP contribution < -0.4 is 21.2 Å². The number of benzene rings is 4. The van der Waals surface area contributed by atoms with Crippen LogP contribution in [-0.2, 0) is 13.9 Å². The molecule has 0 aliphatic heterocycles. The molecule has 3 atom stereocenters. The topological polar surface area (TPSA) is 61.2 Å². The summed E-state index contributed by atoms with van der Waals surface area (Å²) in [5, 5.41) is 3.56. The van der Waals surface area contributed by atoms with Gasteiger partial charge in [-0.3, -0.25) is 4.57 Å². The van der Waals surface area contributed by atoms with Gasteiger partial charge < -0.3 is 13.9 Å². The largest absolute Gasteiger partial charge is 0.467 e. The van der Waals surface area contributed by atoms with E-state index in [1.807, 2.05) is 121 Å². The van der Waals surface area contributed by atoms with Gasteiger partial charge in [0.25, 0.3) is 5.17 Å². The normalized spacial score (nSPS) is 18.9. The fourth-order valence-electron chi connectivity index (χ4n) is 6.15. The lowest BCUT2D eigenvalue weighted by molar-refractivity contribution is 0.154. The first-order chi connectivity index (χ1) is 20.5. The van der Waals surface area contributed by atoms with Gasteiger partial charge in [-0.05, 0) is 25.1 Å². The predicted molar refractivity (Wildman–Crippen MR) is 176 cm³/mol. The van der Waals surface area contributed by atoms with Crippen LogP contribution >= 0.6 is 26.5 Å². The van der Waals surface area contributed by atoms with Crippen molar-refractivity contribution in [1.29, 1.82) is 0 Å². The third-order valence-corrected chi connectivity index (χ3v) is 15.3. The maximum absolute atomic E-state index is 15.4. The Morgan fingerprint density at radius 3 is 1.67 bits per heavy atom. The molecule has 0 N–H and O–H groups in total. The summed E-state index contributed by atoms with van der Waals surface area (Å²) in [5.74, 6) is -0.150. The summed E-state index contributed by atoms with van der Waals surface area (Å²) >= 11 is 5.67. The van der Waals surface area contributed by atoms with E-state index in [1.54, 1.807) is 23.3 Å². The molecule has 4 aromatic carbocycles. The second-order valence-corrected chi connectivity index (χ2v) is 17.0. The van der Waals surface area contributed by atoms with Crippen molar-refractivity contribution in [2.24, 2.45) is 5.92 Å². The molecule has 5 aromatic rings. The molecule has 0 saturated heterocycles. The van der Waals surface area contributed by atoms with Crippen LogP contribution in [0.3, 0.4) is 0 Å². The highest BCUT2D eigenvalue weighted by molar-refractivity contribution is 7.80. The first-order valence-corrected chi connectivity index (χ1v) is 18.2. The van der Waals surface area contributed by atoms with E-state index < -0.39 is 14.3 Å². The Balaban J connectivity index is 1.42. The second kappa shape index (κ2) is 12.4. The fourth-order valence-corrected chi connectivity index (χ4v) is 12.9. The van der Waals surface area contributed by atoms with E-state index >= 15 is 9.13 Å². The van der Waals surface area contributed by atoms with Gasteiger partial charge in [-0.2, -0.15) is 0 Å². The molecular weight excluding hydrogens is 578 g/mol. The summed E-state index contributed by atoms with van der Waals surface area (Å²) in [4.78, 5) is 4.12. The summed E-state index contributed by atoms with van der Waals surface area (Å²) in [7, 11) is -6.16. The van der Waals surface area contributed by atoms with E-state index in [-0.39, 0.29) is 22.9 Å². The van der Waals surface area contributed by atoms with Crippen LogP contribution in [0.15, 0.2) is 140 Å². The molecule has 0 radical (unpaired) electrons. The molecule has 0 bridgehead atoms. The SMILES string of the molecule is O=P(C[C@H]1C[C@@H](P(=O)(c2ccccc2)c2ccccc2)C[C@@H]1OC(=S)n1ccnc1)(c1ccccc1)c1ccccc1. The summed E-state index contributed by atoms with van der Waals surface area (Å²) in [6.07, 6.45) is 6.17. The van der Waals surface area contributed by atoms with Crippen LogP contribution in [-0.4, -0.2) is 32.7 Å². The summed E-state index contributed by atoms with van der Waals surface area (Å²) in [6.45, 7) is 0. The molecule has 0 amide bonds. The van der Waals surface area contributed by atoms with Crippen LogP contribution in [0.1, 0.15) is 12.8 Å². The van der Waals surface area contributed by atoms with Gasteiger partial charge in [-0.25, -0.2) is 4.98 Å². The molecule has 1 aliphatic carbocycles. The van der Waals surface area contributed by atoms with Crippen LogP contribution in [0.25, 0.3) is 0 Å². The van der Waals surface area contributed by atoms with Crippen molar-refractivity contribution >= 4 is 52.9 Å². The Hall–Kier alpha value is -3.56. The third-order valence-electron chi connectivity index (χ3n) is 8.20. The molecule has 212 valence electrons. The zero-order valence-corrected chi connectivity index (χ0v) is 25.7. The standard InChI is InChI=1S/C34H32N2O3P2S/c37-40(28-13-5-1-6-14-28,29-15-7-2-8-16-29)25-27-23-32(24-33(27)39-34(42)36-22-21-35-26-36)41(38,30-17-9-3-10-18-30)31-19-11-4-12-20-31/h1-22,26-27,32-33H,23-25H2/t27-,32-,33+/m1/s1. The molecule has 1 aromatic heterocycles. The quantitative estimate of drug-likeness (QED) is 0.155. The average molecular weight is 611 g/mol. The number of aromatic nitrogens is 2. The zero-order chi connectivity index (χ0) is 29.0.